The molecule has 0 saturated carbocycles. The van der Waals surface area contributed by atoms with Crippen LogP contribution in [0.1, 0.15) is 30.6 Å². The molecule has 2 rings (SSSR count). The summed E-state index contributed by atoms with van der Waals surface area (Å²) in [6.45, 7) is 0.422. The molecule has 1 aromatic heterocycles. The average Bonchev–Trinajstić information content (AvgIpc) is 2.81. The van der Waals surface area contributed by atoms with Crippen molar-refractivity contribution in [2.45, 2.75) is 37.6 Å². The van der Waals surface area contributed by atoms with E-state index in [9.17, 15) is 18.3 Å². The van der Waals surface area contributed by atoms with Gasteiger partial charge in [-0.15, -0.1) is 0 Å². The number of nitrogens with one attached hydrogen (secondary N) is 1. The molecule has 96 valence electrons. The van der Waals surface area contributed by atoms with Gasteiger partial charge in [-0.05, 0) is 6.42 Å². The van der Waals surface area contributed by atoms with Crippen LogP contribution in [0.25, 0.3) is 0 Å². The Kier molecular flexibility index (Phi) is 3.34. The topological polar surface area (TPSA) is 71.2 Å². The zero-order valence-electron chi connectivity index (χ0n) is 8.87. The first kappa shape index (κ1) is 12.3. The maximum absolute atomic E-state index is 12.0. The first-order valence-electron chi connectivity index (χ1n) is 5.25. The van der Waals surface area contributed by atoms with E-state index in [4.69, 9.17) is 4.52 Å². The second-order valence-corrected chi connectivity index (χ2v) is 4.01. The Morgan fingerprint density at radius 1 is 1.47 bits per heavy atom. The molecule has 1 aromatic rings. The first-order chi connectivity index (χ1) is 7.94. The van der Waals surface area contributed by atoms with Crippen LogP contribution in [0.3, 0.4) is 0 Å². The Balaban J connectivity index is 1.92. The summed E-state index contributed by atoms with van der Waals surface area (Å²) in [4.78, 5) is 3.88. The molecule has 0 aromatic carbocycles. The van der Waals surface area contributed by atoms with Gasteiger partial charge in [0, 0.05) is 13.0 Å². The van der Waals surface area contributed by atoms with Crippen molar-refractivity contribution in [3.8, 4) is 0 Å². The molecule has 0 spiro atoms. The van der Waals surface area contributed by atoms with Gasteiger partial charge in [-0.1, -0.05) is 5.16 Å². The molecular formula is C9H12F3N3O2. The standard InChI is InChI=1S/C9H12F3N3O2/c10-9(11,12)2-1-7-14-8(17-15-7)6-3-5(16)4-13-6/h5-6,13,16H,1-4H2. The van der Waals surface area contributed by atoms with Gasteiger partial charge in [-0.2, -0.15) is 18.2 Å². The highest BCUT2D eigenvalue weighted by Crippen LogP contribution is 2.24. The minimum atomic E-state index is -4.22. The third-order valence-electron chi connectivity index (χ3n) is 2.52. The molecule has 2 heterocycles. The van der Waals surface area contributed by atoms with E-state index in [0.717, 1.165) is 0 Å². The van der Waals surface area contributed by atoms with E-state index in [-0.39, 0.29) is 24.2 Å². The van der Waals surface area contributed by atoms with Crippen molar-refractivity contribution in [3.05, 3.63) is 11.7 Å². The summed E-state index contributed by atoms with van der Waals surface area (Å²) in [5.74, 6) is 0.277. The van der Waals surface area contributed by atoms with Crippen LogP contribution in [0.4, 0.5) is 13.2 Å². The molecule has 2 unspecified atom stereocenters. The van der Waals surface area contributed by atoms with Gasteiger partial charge < -0.3 is 14.9 Å². The summed E-state index contributed by atoms with van der Waals surface area (Å²) >= 11 is 0. The number of hydrogen-bond donors (Lipinski definition) is 2. The van der Waals surface area contributed by atoms with E-state index < -0.39 is 18.7 Å². The maximum Gasteiger partial charge on any atom is 0.389 e. The highest BCUT2D eigenvalue weighted by molar-refractivity contribution is 4.97. The second-order valence-electron chi connectivity index (χ2n) is 4.01. The number of rotatable bonds is 3. The van der Waals surface area contributed by atoms with Crippen LogP contribution in [0.5, 0.6) is 0 Å². The fraction of sp³-hybridized carbons (Fsp3) is 0.778. The van der Waals surface area contributed by atoms with Gasteiger partial charge in [0.05, 0.1) is 18.6 Å². The Bertz CT molecular complexity index is 380. The summed E-state index contributed by atoms with van der Waals surface area (Å²) in [5.41, 5.74) is 0. The van der Waals surface area contributed by atoms with Crippen LogP contribution in [-0.2, 0) is 6.42 Å². The quantitative estimate of drug-likeness (QED) is 0.837. The van der Waals surface area contributed by atoms with Crippen molar-refractivity contribution in [2.24, 2.45) is 0 Å². The van der Waals surface area contributed by atoms with Gasteiger partial charge in [-0.3, -0.25) is 0 Å². The predicted octanol–water partition coefficient (Wildman–Crippen LogP) is 0.960. The zero-order chi connectivity index (χ0) is 12.5. The molecule has 1 aliphatic heterocycles. The number of hydrogen-bond acceptors (Lipinski definition) is 5. The molecule has 1 saturated heterocycles. The van der Waals surface area contributed by atoms with Crippen molar-refractivity contribution >= 4 is 0 Å². The number of aryl methyl sites for hydroxylation is 1. The summed E-state index contributed by atoms with van der Waals surface area (Å²) in [6, 6.07) is -0.267. The summed E-state index contributed by atoms with van der Waals surface area (Å²) in [5, 5.41) is 15.7. The number of aliphatic hydroxyl groups is 1. The van der Waals surface area contributed by atoms with Gasteiger partial charge in [0.1, 0.15) is 0 Å². The van der Waals surface area contributed by atoms with Crippen molar-refractivity contribution < 1.29 is 22.8 Å². The van der Waals surface area contributed by atoms with Gasteiger partial charge >= 0.3 is 6.18 Å². The largest absolute Gasteiger partial charge is 0.392 e. The van der Waals surface area contributed by atoms with Gasteiger partial charge in [0.15, 0.2) is 5.82 Å². The summed E-state index contributed by atoms with van der Waals surface area (Å²) < 4.78 is 40.8. The number of β-amino-alcohol motifs (C(OH)–C–C–N with tert-alkyl or cyclic N) is 1. The smallest absolute Gasteiger partial charge is 0.389 e. The van der Waals surface area contributed by atoms with E-state index in [1.807, 2.05) is 0 Å². The molecule has 2 N–H and O–H groups in total. The number of aliphatic hydroxyl groups excluding tert-OH is 1. The summed E-state index contributed by atoms with van der Waals surface area (Å²) in [7, 11) is 0. The number of halogens is 3. The fourth-order valence-corrected chi connectivity index (χ4v) is 1.67. The molecule has 17 heavy (non-hydrogen) atoms. The van der Waals surface area contributed by atoms with E-state index in [1.165, 1.54) is 0 Å². The van der Waals surface area contributed by atoms with Gasteiger partial charge in [0.25, 0.3) is 0 Å². The first-order valence-corrected chi connectivity index (χ1v) is 5.25. The predicted molar refractivity (Wildman–Crippen MR) is 50.0 cm³/mol. The lowest BCUT2D eigenvalue weighted by atomic mass is 10.2. The van der Waals surface area contributed by atoms with E-state index >= 15 is 0 Å². The van der Waals surface area contributed by atoms with Crippen LogP contribution >= 0.6 is 0 Å². The highest BCUT2D eigenvalue weighted by Gasteiger charge is 2.30. The fourth-order valence-electron chi connectivity index (χ4n) is 1.67. The van der Waals surface area contributed by atoms with Gasteiger partial charge in [0.2, 0.25) is 5.89 Å². The van der Waals surface area contributed by atoms with E-state index in [2.05, 4.69) is 15.5 Å². The Morgan fingerprint density at radius 2 is 2.24 bits per heavy atom. The van der Waals surface area contributed by atoms with Crippen LogP contribution in [0, 0.1) is 0 Å². The van der Waals surface area contributed by atoms with E-state index in [0.29, 0.717) is 13.0 Å². The molecule has 0 aliphatic carbocycles. The molecular weight excluding hydrogens is 239 g/mol. The average molecular weight is 251 g/mol. The third-order valence-corrected chi connectivity index (χ3v) is 2.52. The summed E-state index contributed by atoms with van der Waals surface area (Å²) in [6.07, 6.45) is -5.52. The number of aromatic nitrogens is 2. The molecule has 5 nitrogen and oxygen atoms in total. The minimum absolute atomic E-state index is 0.0421. The Morgan fingerprint density at radius 3 is 2.82 bits per heavy atom. The van der Waals surface area contributed by atoms with Crippen LogP contribution in [-0.4, -0.2) is 34.1 Å². The van der Waals surface area contributed by atoms with Crippen molar-refractivity contribution in [1.29, 1.82) is 0 Å². The van der Waals surface area contributed by atoms with Crippen molar-refractivity contribution in [1.82, 2.24) is 15.5 Å². The van der Waals surface area contributed by atoms with Gasteiger partial charge in [-0.25, -0.2) is 0 Å². The zero-order valence-corrected chi connectivity index (χ0v) is 8.87. The van der Waals surface area contributed by atoms with Crippen LogP contribution in [0.2, 0.25) is 0 Å². The van der Waals surface area contributed by atoms with E-state index in [1.54, 1.807) is 0 Å². The second kappa shape index (κ2) is 4.61. The molecule has 1 aliphatic rings. The number of alkyl halides is 3. The lowest BCUT2D eigenvalue weighted by molar-refractivity contribution is -0.134. The molecule has 0 radical (unpaired) electrons. The Labute approximate surface area is 95.0 Å². The molecule has 0 amide bonds. The lowest BCUT2D eigenvalue weighted by Gasteiger charge is -2.02. The lowest BCUT2D eigenvalue weighted by Crippen LogP contribution is -2.15. The SMILES string of the molecule is OC1CNC(c2nc(CCC(F)(F)F)no2)C1. The normalized spacial score (nSPS) is 25.4. The van der Waals surface area contributed by atoms with Crippen molar-refractivity contribution in [2.75, 3.05) is 6.54 Å². The van der Waals surface area contributed by atoms with Crippen LogP contribution in [0.15, 0.2) is 4.52 Å². The van der Waals surface area contributed by atoms with Crippen molar-refractivity contribution in [3.63, 3.8) is 0 Å². The molecule has 0 bridgehead atoms. The Hall–Kier alpha value is -1.15. The highest BCUT2D eigenvalue weighted by atomic mass is 19.4. The molecule has 1 fully saturated rings. The third kappa shape index (κ3) is 3.40. The number of nitrogens with zero attached hydrogens (tertiary/aromatic N) is 2. The van der Waals surface area contributed by atoms with Crippen LogP contribution < -0.4 is 5.32 Å². The molecule has 8 heteroatoms. The maximum atomic E-state index is 12.0. The minimum Gasteiger partial charge on any atom is -0.392 e. The molecule has 2 atom stereocenters. The monoisotopic (exact) mass is 251 g/mol.